The fourth-order valence-electron chi connectivity index (χ4n) is 1.83. The molecule has 1 saturated carbocycles. The zero-order chi connectivity index (χ0) is 15.3. The minimum absolute atomic E-state index is 0.155. The molecule has 1 amide bonds. The number of amides is 1. The molecule has 0 aromatic carbocycles. The first-order valence-electron chi connectivity index (χ1n) is 8.15. The van der Waals surface area contributed by atoms with E-state index in [0.29, 0.717) is 19.0 Å². The number of carbonyl (C=O) groups is 1. The van der Waals surface area contributed by atoms with E-state index in [1.165, 1.54) is 0 Å². The van der Waals surface area contributed by atoms with Gasteiger partial charge in [-0.05, 0) is 39.5 Å². The summed E-state index contributed by atoms with van der Waals surface area (Å²) < 4.78 is 5.29. The van der Waals surface area contributed by atoms with Crippen LogP contribution in [0.25, 0.3) is 0 Å². The Balaban J connectivity index is 2.09. The second kappa shape index (κ2) is 11.4. The molecule has 0 heterocycles. The highest BCUT2D eigenvalue weighted by molar-refractivity contribution is 5.79. The first-order valence-corrected chi connectivity index (χ1v) is 8.15. The van der Waals surface area contributed by atoms with Crippen molar-refractivity contribution in [3.8, 4) is 0 Å². The van der Waals surface area contributed by atoms with Gasteiger partial charge < -0.3 is 20.7 Å². The number of hydrogen-bond donors (Lipinski definition) is 3. The Morgan fingerprint density at radius 3 is 2.71 bits per heavy atom. The number of hydrogen-bond acceptors (Lipinski definition) is 3. The SMILES string of the molecule is CCNC(=NCCCC(=O)NC1CC1)NCCCOCC. The third-order valence-corrected chi connectivity index (χ3v) is 3.08. The average molecular weight is 298 g/mol. The molecule has 0 aromatic heterocycles. The van der Waals surface area contributed by atoms with Gasteiger partial charge >= 0.3 is 0 Å². The first-order chi connectivity index (χ1) is 10.3. The number of aliphatic imine (C=N–C) groups is 1. The lowest BCUT2D eigenvalue weighted by atomic mass is 10.3. The standard InChI is InChI=1S/C15H30N4O2/c1-3-16-15(18-11-6-12-21-4-2)17-10-5-7-14(20)19-13-8-9-13/h13H,3-12H2,1-2H3,(H,19,20)(H2,16,17,18). The Labute approximate surface area is 128 Å². The topological polar surface area (TPSA) is 74.8 Å². The quantitative estimate of drug-likeness (QED) is 0.302. The molecule has 21 heavy (non-hydrogen) atoms. The molecule has 1 rings (SSSR count). The summed E-state index contributed by atoms with van der Waals surface area (Å²) >= 11 is 0. The van der Waals surface area contributed by atoms with Crippen LogP contribution in [0.4, 0.5) is 0 Å². The number of guanidine groups is 1. The van der Waals surface area contributed by atoms with Gasteiger partial charge in [-0.15, -0.1) is 0 Å². The number of ether oxygens (including phenoxy) is 1. The van der Waals surface area contributed by atoms with Crippen LogP contribution in [0.2, 0.25) is 0 Å². The summed E-state index contributed by atoms with van der Waals surface area (Å²) in [6.45, 7) is 7.91. The second-order valence-corrected chi connectivity index (χ2v) is 5.18. The van der Waals surface area contributed by atoms with Crippen LogP contribution in [0.1, 0.15) is 46.0 Å². The molecule has 0 atom stereocenters. The van der Waals surface area contributed by atoms with Crippen LogP contribution in [0.5, 0.6) is 0 Å². The van der Waals surface area contributed by atoms with Gasteiger partial charge in [0.05, 0.1) is 0 Å². The van der Waals surface area contributed by atoms with Gasteiger partial charge in [0, 0.05) is 45.3 Å². The van der Waals surface area contributed by atoms with Gasteiger partial charge in [-0.2, -0.15) is 0 Å². The Kier molecular flexibility index (Phi) is 9.61. The van der Waals surface area contributed by atoms with Crippen LogP contribution in [-0.2, 0) is 9.53 Å². The van der Waals surface area contributed by atoms with Gasteiger partial charge in [0.25, 0.3) is 0 Å². The Morgan fingerprint density at radius 1 is 1.24 bits per heavy atom. The summed E-state index contributed by atoms with van der Waals surface area (Å²) in [4.78, 5) is 16.0. The molecule has 0 bridgehead atoms. The smallest absolute Gasteiger partial charge is 0.220 e. The molecule has 1 aliphatic carbocycles. The van der Waals surface area contributed by atoms with Crippen molar-refractivity contribution in [2.45, 2.75) is 52.0 Å². The number of carbonyl (C=O) groups excluding carboxylic acids is 1. The zero-order valence-electron chi connectivity index (χ0n) is 13.4. The van der Waals surface area contributed by atoms with Crippen LogP contribution in [-0.4, -0.2) is 50.8 Å². The molecule has 6 heteroatoms. The molecule has 0 unspecified atom stereocenters. The molecule has 0 radical (unpaired) electrons. The maximum absolute atomic E-state index is 11.5. The molecule has 1 aliphatic rings. The Bertz CT molecular complexity index is 317. The van der Waals surface area contributed by atoms with Crippen LogP contribution < -0.4 is 16.0 Å². The number of rotatable bonds is 11. The third-order valence-electron chi connectivity index (χ3n) is 3.08. The molecule has 0 spiro atoms. The lowest BCUT2D eigenvalue weighted by molar-refractivity contribution is -0.121. The monoisotopic (exact) mass is 298 g/mol. The summed E-state index contributed by atoms with van der Waals surface area (Å²) in [5, 5.41) is 9.46. The molecular weight excluding hydrogens is 268 g/mol. The third kappa shape index (κ3) is 10.1. The summed E-state index contributed by atoms with van der Waals surface area (Å²) in [6.07, 6.45) is 4.58. The van der Waals surface area contributed by atoms with E-state index in [0.717, 1.165) is 57.9 Å². The highest BCUT2D eigenvalue weighted by Gasteiger charge is 2.22. The van der Waals surface area contributed by atoms with Crippen molar-refractivity contribution in [2.24, 2.45) is 4.99 Å². The molecule has 0 saturated heterocycles. The van der Waals surface area contributed by atoms with Gasteiger partial charge in [-0.3, -0.25) is 9.79 Å². The van der Waals surface area contributed by atoms with E-state index in [2.05, 4.69) is 20.9 Å². The largest absolute Gasteiger partial charge is 0.382 e. The van der Waals surface area contributed by atoms with E-state index in [9.17, 15) is 4.79 Å². The van der Waals surface area contributed by atoms with Crippen molar-refractivity contribution in [1.82, 2.24) is 16.0 Å². The second-order valence-electron chi connectivity index (χ2n) is 5.18. The predicted octanol–water partition coefficient (Wildman–Crippen LogP) is 1.03. The minimum atomic E-state index is 0.155. The summed E-state index contributed by atoms with van der Waals surface area (Å²) in [7, 11) is 0. The minimum Gasteiger partial charge on any atom is -0.382 e. The molecule has 122 valence electrons. The van der Waals surface area contributed by atoms with E-state index in [1.54, 1.807) is 0 Å². The Hall–Kier alpha value is -1.30. The van der Waals surface area contributed by atoms with E-state index < -0.39 is 0 Å². The van der Waals surface area contributed by atoms with Crippen LogP contribution >= 0.6 is 0 Å². The fraction of sp³-hybridized carbons (Fsp3) is 0.867. The van der Waals surface area contributed by atoms with Crippen molar-refractivity contribution in [3.63, 3.8) is 0 Å². The van der Waals surface area contributed by atoms with E-state index in [-0.39, 0.29) is 5.91 Å². The molecule has 0 aliphatic heterocycles. The maximum atomic E-state index is 11.5. The summed E-state index contributed by atoms with van der Waals surface area (Å²) in [6, 6.07) is 0.449. The predicted molar refractivity (Wildman–Crippen MR) is 85.5 cm³/mol. The van der Waals surface area contributed by atoms with E-state index in [4.69, 9.17) is 4.74 Å². The lowest BCUT2D eigenvalue weighted by Crippen LogP contribution is -2.38. The zero-order valence-corrected chi connectivity index (χ0v) is 13.4. The van der Waals surface area contributed by atoms with Gasteiger partial charge in [0.15, 0.2) is 5.96 Å². The van der Waals surface area contributed by atoms with Crippen LogP contribution in [0, 0.1) is 0 Å². The van der Waals surface area contributed by atoms with Crippen LogP contribution in [0.15, 0.2) is 4.99 Å². The van der Waals surface area contributed by atoms with Gasteiger partial charge in [0.1, 0.15) is 0 Å². The van der Waals surface area contributed by atoms with Crippen molar-refractivity contribution < 1.29 is 9.53 Å². The Morgan fingerprint density at radius 2 is 2.05 bits per heavy atom. The van der Waals surface area contributed by atoms with E-state index in [1.807, 2.05) is 13.8 Å². The summed E-state index contributed by atoms with van der Waals surface area (Å²) in [5.41, 5.74) is 0. The molecular formula is C15H30N4O2. The highest BCUT2D eigenvalue weighted by atomic mass is 16.5. The van der Waals surface area contributed by atoms with Gasteiger partial charge in [-0.1, -0.05) is 0 Å². The summed E-state index contributed by atoms with van der Waals surface area (Å²) in [5.74, 6) is 0.971. The van der Waals surface area contributed by atoms with Gasteiger partial charge in [-0.25, -0.2) is 0 Å². The lowest BCUT2D eigenvalue weighted by Gasteiger charge is -2.11. The number of nitrogens with zero attached hydrogens (tertiary/aromatic N) is 1. The van der Waals surface area contributed by atoms with Crippen molar-refractivity contribution in [3.05, 3.63) is 0 Å². The highest BCUT2D eigenvalue weighted by Crippen LogP contribution is 2.18. The van der Waals surface area contributed by atoms with Gasteiger partial charge in [0.2, 0.25) is 5.91 Å². The van der Waals surface area contributed by atoms with E-state index >= 15 is 0 Å². The first kappa shape index (κ1) is 17.8. The maximum Gasteiger partial charge on any atom is 0.220 e. The average Bonchev–Trinajstić information content (AvgIpc) is 3.27. The molecule has 6 nitrogen and oxygen atoms in total. The van der Waals surface area contributed by atoms with Crippen molar-refractivity contribution in [2.75, 3.05) is 32.8 Å². The van der Waals surface area contributed by atoms with Crippen LogP contribution in [0.3, 0.4) is 0 Å². The fourth-order valence-corrected chi connectivity index (χ4v) is 1.83. The molecule has 0 aromatic rings. The number of nitrogens with one attached hydrogen (secondary N) is 3. The van der Waals surface area contributed by atoms with Crippen molar-refractivity contribution in [1.29, 1.82) is 0 Å². The normalized spacial score (nSPS) is 14.9. The van der Waals surface area contributed by atoms with Crippen molar-refractivity contribution >= 4 is 11.9 Å². The molecule has 3 N–H and O–H groups in total. The molecule has 1 fully saturated rings.